The third-order valence-corrected chi connectivity index (χ3v) is 3.66. The lowest BCUT2D eigenvalue weighted by Crippen LogP contribution is -2.22. The number of hydrogen-bond acceptors (Lipinski definition) is 2. The van der Waals surface area contributed by atoms with Crippen LogP contribution in [0.2, 0.25) is 0 Å². The molecule has 2 aromatic rings. The second-order valence-corrected chi connectivity index (χ2v) is 5.06. The normalized spacial score (nSPS) is 12.1. The Balaban J connectivity index is 2.37. The first-order chi connectivity index (χ1) is 10.3. The van der Waals surface area contributed by atoms with E-state index in [1.54, 1.807) is 0 Å². The predicted octanol–water partition coefficient (Wildman–Crippen LogP) is 4.35. The molecule has 0 bridgehead atoms. The van der Waals surface area contributed by atoms with Gasteiger partial charge >= 0.3 is 0 Å². The minimum absolute atomic E-state index is 0.170. The summed E-state index contributed by atoms with van der Waals surface area (Å²) < 4.78 is 5.79. The first-order valence-electron chi connectivity index (χ1n) is 7.84. The number of aryl methyl sites for hydroxylation is 1. The van der Waals surface area contributed by atoms with Crippen LogP contribution >= 0.6 is 0 Å². The number of hydrogen-bond donors (Lipinski definition) is 1. The largest absolute Gasteiger partial charge is 0.494 e. The molecular formula is C19H25NO. The van der Waals surface area contributed by atoms with E-state index < -0.39 is 0 Å². The highest BCUT2D eigenvalue weighted by atomic mass is 16.5. The van der Waals surface area contributed by atoms with Gasteiger partial charge in [-0.25, -0.2) is 0 Å². The van der Waals surface area contributed by atoms with E-state index in [-0.39, 0.29) is 6.04 Å². The Kier molecular flexibility index (Phi) is 5.82. The SMILES string of the molecule is CCNC(c1ccc(CC)cc1)c1ccccc1OCC. The van der Waals surface area contributed by atoms with Crippen molar-refractivity contribution in [2.75, 3.05) is 13.2 Å². The third kappa shape index (κ3) is 3.85. The van der Waals surface area contributed by atoms with Crippen molar-refractivity contribution in [3.8, 4) is 5.75 Å². The van der Waals surface area contributed by atoms with Gasteiger partial charge in [0.15, 0.2) is 0 Å². The maximum absolute atomic E-state index is 5.79. The second-order valence-electron chi connectivity index (χ2n) is 5.06. The van der Waals surface area contributed by atoms with Crippen LogP contribution < -0.4 is 10.1 Å². The minimum Gasteiger partial charge on any atom is -0.494 e. The zero-order valence-electron chi connectivity index (χ0n) is 13.2. The number of ether oxygens (including phenoxy) is 1. The van der Waals surface area contributed by atoms with Crippen molar-refractivity contribution in [3.63, 3.8) is 0 Å². The Morgan fingerprint density at radius 3 is 2.29 bits per heavy atom. The smallest absolute Gasteiger partial charge is 0.124 e. The van der Waals surface area contributed by atoms with Crippen LogP contribution in [-0.4, -0.2) is 13.2 Å². The zero-order chi connectivity index (χ0) is 15.1. The second kappa shape index (κ2) is 7.84. The molecule has 0 spiro atoms. The van der Waals surface area contributed by atoms with E-state index in [0.29, 0.717) is 6.61 Å². The van der Waals surface area contributed by atoms with Gasteiger partial charge in [-0.1, -0.05) is 56.3 Å². The molecule has 21 heavy (non-hydrogen) atoms. The van der Waals surface area contributed by atoms with E-state index >= 15 is 0 Å². The average Bonchev–Trinajstić information content (AvgIpc) is 2.54. The Morgan fingerprint density at radius 1 is 0.952 bits per heavy atom. The summed E-state index contributed by atoms with van der Waals surface area (Å²) in [6, 6.07) is 17.3. The van der Waals surface area contributed by atoms with Crippen LogP contribution in [-0.2, 0) is 6.42 Å². The van der Waals surface area contributed by atoms with Crippen molar-refractivity contribution in [3.05, 3.63) is 65.2 Å². The van der Waals surface area contributed by atoms with E-state index in [1.165, 1.54) is 16.7 Å². The molecule has 0 aliphatic carbocycles. The summed E-state index contributed by atoms with van der Waals surface area (Å²) in [4.78, 5) is 0. The van der Waals surface area contributed by atoms with Gasteiger partial charge in [0, 0.05) is 5.56 Å². The maximum Gasteiger partial charge on any atom is 0.124 e. The monoisotopic (exact) mass is 283 g/mol. The molecule has 2 rings (SSSR count). The summed E-state index contributed by atoms with van der Waals surface area (Å²) in [7, 11) is 0. The van der Waals surface area contributed by atoms with E-state index in [9.17, 15) is 0 Å². The van der Waals surface area contributed by atoms with Gasteiger partial charge in [0.05, 0.1) is 12.6 Å². The molecule has 0 aliphatic heterocycles. The summed E-state index contributed by atoms with van der Waals surface area (Å²) in [5.41, 5.74) is 3.85. The van der Waals surface area contributed by atoms with Gasteiger partial charge in [-0.2, -0.15) is 0 Å². The van der Waals surface area contributed by atoms with Crippen LogP contribution in [0.1, 0.15) is 43.5 Å². The highest BCUT2D eigenvalue weighted by Crippen LogP contribution is 2.30. The molecule has 0 fully saturated rings. The van der Waals surface area contributed by atoms with Gasteiger partial charge in [0.2, 0.25) is 0 Å². The molecule has 0 aliphatic rings. The number of para-hydroxylation sites is 1. The van der Waals surface area contributed by atoms with Crippen LogP contribution in [0, 0.1) is 0 Å². The first kappa shape index (κ1) is 15.6. The van der Waals surface area contributed by atoms with Gasteiger partial charge in [-0.3, -0.25) is 0 Å². The molecule has 1 unspecified atom stereocenters. The van der Waals surface area contributed by atoms with Crippen molar-refractivity contribution < 1.29 is 4.74 Å². The molecule has 0 heterocycles. The van der Waals surface area contributed by atoms with Crippen LogP contribution in [0.4, 0.5) is 0 Å². The lowest BCUT2D eigenvalue weighted by Gasteiger charge is -2.22. The molecule has 0 amide bonds. The quantitative estimate of drug-likeness (QED) is 0.816. The number of benzene rings is 2. The minimum atomic E-state index is 0.170. The molecular weight excluding hydrogens is 258 g/mol. The fraction of sp³-hybridized carbons (Fsp3) is 0.368. The lowest BCUT2D eigenvalue weighted by atomic mass is 9.96. The highest BCUT2D eigenvalue weighted by molar-refractivity contribution is 5.42. The van der Waals surface area contributed by atoms with Crippen molar-refractivity contribution in [1.29, 1.82) is 0 Å². The molecule has 0 saturated carbocycles. The maximum atomic E-state index is 5.79. The van der Waals surface area contributed by atoms with Crippen molar-refractivity contribution in [1.82, 2.24) is 5.32 Å². The fourth-order valence-electron chi connectivity index (χ4n) is 2.56. The van der Waals surface area contributed by atoms with Crippen molar-refractivity contribution in [2.24, 2.45) is 0 Å². The van der Waals surface area contributed by atoms with Gasteiger partial charge in [0.1, 0.15) is 5.75 Å². The Hall–Kier alpha value is -1.80. The van der Waals surface area contributed by atoms with E-state index in [0.717, 1.165) is 18.7 Å². The summed E-state index contributed by atoms with van der Waals surface area (Å²) >= 11 is 0. The average molecular weight is 283 g/mol. The topological polar surface area (TPSA) is 21.3 Å². The Labute approximate surface area is 128 Å². The molecule has 0 saturated heterocycles. The molecule has 0 radical (unpaired) electrons. The van der Waals surface area contributed by atoms with Crippen LogP contribution in [0.3, 0.4) is 0 Å². The summed E-state index contributed by atoms with van der Waals surface area (Å²) in [6.45, 7) is 7.94. The lowest BCUT2D eigenvalue weighted by molar-refractivity contribution is 0.333. The van der Waals surface area contributed by atoms with Gasteiger partial charge in [0.25, 0.3) is 0 Å². The molecule has 0 aromatic heterocycles. The highest BCUT2D eigenvalue weighted by Gasteiger charge is 2.17. The van der Waals surface area contributed by atoms with Crippen molar-refractivity contribution in [2.45, 2.75) is 33.2 Å². The molecule has 2 heteroatoms. The molecule has 112 valence electrons. The molecule has 1 N–H and O–H groups in total. The van der Waals surface area contributed by atoms with Gasteiger partial charge < -0.3 is 10.1 Å². The predicted molar refractivity (Wildman–Crippen MR) is 89.0 cm³/mol. The summed E-state index contributed by atoms with van der Waals surface area (Å²) in [5, 5.41) is 3.57. The molecule has 2 aromatic carbocycles. The van der Waals surface area contributed by atoms with Crippen LogP contribution in [0.15, 0.2) is 48.5 Å². The Morgan fingerprint density at radius 2 is 1.67 bits per heavy atom. The third-order valence-electron chi connectivity index (χ3n) is 3.66. The number of nitrogens with one attached hydrogen (secondary N) is 1. The number of rotatable bonds is 7. The van der Waals surface area contributed by atoms with Crippen molar-refractivity contribution >= 4 is 0 Å². The van der Waals surface area contributed by atoms with Gasteiger partial charge in [-0.05, 0) is 37.1 Å². The summed E-state index contributed by atoms with van der Waals surface area (Å²) in [5.74, 6) is 0.963. The van der Waals surface area contributed by atoms with Crippen LogP contribution in [0.5, 0.6) is 5.75 Å². The first-order valence-corrected chi connectivity index (χ1v) is 7.84. The van der Waals surface area contributed by atoms with Gasteiger partial charge in [-0.15, -0.1) is 0 Å². The Bertz CT molecular complexity index is 548. The van der Waals surface area contributed by atoms with Crippen LogP contribution in [0.25, 0.3) is 0 Å². The molecule has 1 atom stereocenters. The summed E-state index contributed by atoms with van der Waals surface area (Å²) in [6.07, 6.45) is 1.07. The van der Waals surface area contributed by atoms with E-state index in [1.807, 2.05) is 19.1 Å². The standard InChI is InChI=1S/C19H25NO/c1-4-15-11-13-16(14-12-15)19(20-5-2)17-9-7-8-10-18(17)21-6-3/h7-14,19-20H,4-6H2,1-3H3. The van der Waals surface area contributed by atoms with E-state index in [4.69, 9.17) is 4.74 Å². The fourth-order valence-corrected chi connectivity index (χ4v) is 2.56. The zero-order valence-corrected chi connectivity index (χ0v) is 13.2. The van der Waals surface area contributed by atoms with E-state index in [2.05, 4.69) is 55.6 Å². The molecule has 2 nitrogen and oxygen atoms in total.